The number of aliphatic hydroxyl groups is 1. The van der Waals surface area contributed by atoms with Crippen LogP contribution in [0.25, 0.3) is 11.3 Å². The minimum atomic E-state index is -0.172. The lowest BCUT2D eigenvalue weighted by molar-refractivity contribution is 0.126. The Bertz CT molecular complexity index is 860. The molecule has 7 nitrogen and oxygen atoms in total. The van der Waals surface area contributed by atoms with Gasteiger partial charge in [0, 0.05) is 31.0 Å². The molecule has 0 radical (unpaired) electrons. The molecule has 1 unspecified atom stereocenters. The Morgan fingerprint density at radius 1 is 1.06 bits per heavy atom. The summed E-state index contributed by atoms with van der Waals surface area (Å²) >= 11 is 0. The van der Waals surface area contributed by atoms with Gasteiger partial charge in [-0.25, -0.2) is 4.98 Å². The summed E-state index contributed by atoms with van der Waals surface area (Å²) in [6, 6.07) is 4.92. The zero-order chi connectivity index (χ0) is 23.0. The van der Waals surface area contributed by atoms with Crippen LogP contribution in [0.2, 0.25) is 0 Å². The number of piperidine rings is 1. The van der Waals surface area contributed by atoms with Crippen molar-refractivity contribution in [2.24, 2.45) is 0 Å². The molecule has 1 aliphatic carbocycles. The number of rotatable bonds is 9. The van der Waals surface area contributed by atoms with E-state index < -0.39 is 0 Å². The van der Waals surface area contributed by atoms with Crippen molar-refractivity contribution in [1.29, 1.82) is 0 Å². The van der Waals surface area contributed by atoms with Gasteiger partial charge in [-0.15, -0.1) is 0 Å². The topological polar surface area (TPSA) is 86.2 Å². The second-order valence-electron chi connectivity index (χ2n) is 9.83. The maximum absolute atomic E-state index is 9.89. The van der Waals surface area contributed by atoms with Gasteiger partial charge in [-0.3, -0.25) is 9.88 Å². The van der Waals surface area contributed by atoms with Crippen molar-refractivity contribution < 1.29 is 5.11 Å². The SMILES string of the molecule is CCCC(C)Nc1ncc(-c2ccc(CN3CCCCC3)cn2)c(NC2CCC(O)CC2)n1. The molecular formula is C26H40N6O. The Morgan fingerprint density at radius 3 is 2.55 bits per heavy atom. The fraction of sp³-hybridized carbons (Fsp3) is 0.654. The molecule has 2 aromatic heterocycles. The third kappa shape index (κ3) is 6.87. The van der Waals surface area contributed by atoms with Crippen LogP contribution < -0.4 is 10.6 Å². The van der Waals surface area contributed by atoms with E-state index in [0.717, 1.165) is 62.1 Å². The zero-order valence-electron chi connectivity index (χ0n) is 20.3. The van der Waals surface area contributed by atoms with Crippen LogP contribution in [0.3, 0.4) is 0 Å². The monoisotopic (exact) mass is 452 g/mol. The minimum absolute atomic E-state index is 0.172. The van der Waals surface area contributed by atoms with Crippen LogP contribution in [0.5, 0.6) is 0 Å². The first-order valence-electron chi connectivity index (χ1n) is 12.9. The van der Waals surface area contributed by atoms with Crippen LogP contribution in [0.4, 0.5) is 11.8 Å². The average molecular weight is 453 g/mol. The van der Waals surface area contributed by atoms with E-state index in [1.165, 1.54) is 37.9 Å². The molecule has 2 fully saturated rings. The second kappa shape index (κ2) is 11.7. The number of aliphatic hydroxyl groups excluding tert-OH is 1. The first kappa shape index (κ1) is 23.9. The van der Waals surface area contributed by atoms with Gasteiger partial charge in [0.2, 0.25) is 5.95 Å². The van der Waals surface area contributed by atoms with Gasteiger partial charge in [-0.05, 0) is 76.6 Å². The van der Waals surface area contributed by atoms with Crippen LogP contribution in [-0.4, -0.2) is 56.2 Å². The van der Waals surface area contributed by atoms with Crippen molar-refractivity contribution in [3.05, 3.63) is 30.1 Å². The van der Waals surface area contributed by atoms with Gasteiger partial charge in [-0.1, -0.05) is 25.8 Å². The Kier molecular flexibility index (Phi) is 8.51. The molecule has 2 aromatic rings. The smallest absolute Gasteiger partial charge is 0.224 e. The predicted octanol–water partition coefficient (Wildman–Crippen LogP) is 4.84. The van der Waals surface area contributed by atoms with Crippen molar-refractivity contribution in [2.75, 3.05) is 23.7 Å². The van der Waals surface area contributed by atoms with E-state index in [9.17, 15) is 5.11 Å². The maximum atomic E-state index is 9.89. The Labute approximate surface area is 198 Å². The predicted molar refractivity (Wildman–Crippen MR) is 134 cm³/mol. The summed E-state index contributed by atoms with van der Waals surface area (Å²) in [4.78, 5) is 16.8. The summed E-state index contributed by atoms with van der Waals surface area (Å²) in [5.74, 6) is 1.48. The van der Waals surface area contributed by atoms with Crippen molar-refractivity contribution >= 4 is 11.8 Å². The average Bonchev–Trinajstić information content (AvgIpc) is 2.82. The van der Waals surface area contributed by atoms with E-state index >= 15 is 0 Å². The van der Waals surface area contributed by atoms with Crippen LogP contribution >= 0.6 is 0 Å². The Morgan fingerprint density at radius 2 is 1.85 bits per heavy atom. The van der Waals surface area contributed by atoms with Gasteiger partial charge in [-0.2, -0.15) is 4.98 Å². The standard InChI is InChI=1S/C26H40N6O/c1-3-7-19(2)29-26-28-17-23(25(31-26)30-21-9-11-22(33)12-10-21)24-13-8-20(16-27-24)18-32-14-5-4-6-15-32/h8,13,16-17,19,21-22,33H,3-7,9-12,14-15,18H2,1-2H3,(H2,28,29,30,31). The summed E-state index contributed by atoms with van der Waals surface area (Å²) in [5.41, 5.74) is 3.08. The molecule has 0 aromatic carbocycles. The van der Waals surface area contributed by atoms with E-state index in [4.69, 9.17) is 9.97 Å². The number of likely N-dealkylation sites (tertiary alicyclic amines) is 1. The lowest BCUT2D eigenvalue weighted by Gasteiger charge is -2.27. The number of nitrogens with zero attached hydrogens (tertiary/aromatic N) is 4. The van der Waals surface area contributed by atoms with E-state index in [1.54, 1.807) is 0 Å². The van der Waals surface area contributed by atoms with Crippen LogP contribution in [-0.2, 0) is 6.54 Å². The summed E-state index contributed by atoms with van der Waals surface area (Å²) < 4.78 is 0. The fourth-order valence-corrected chi connectivity index (χ4v) is 4.94. The molecule has 0 spiro atoms. The summed E-state index contributed by atoms with van der Waals surface area (Å²) in [7, 11) is 0. The van der Waals surface area contributed by atoms with Gasteiger partial charge >= 0.3 is 0 Å². The molecule has 180 valence electrons. The molecule has 0 bridgehead atoms. The molecule has 3 N–H and O–H groups in total. The van der Waals surface area contributed by atoms with Gasteiger partial charge in [0.05, 0.1) is 17.4 Å². The summed E-state index contributed by atoms with van der Waals surface area (Å²) in [5, 5.41) is 17.0. The maximum Gasteiger partial charge on any atom is 0.224 e. The first-order chi connectivity index (χ1) is 16.1. The number of hydrogen-bond donors (Lipinski definition) is 3. The molecule has 1 saturated carbocycles. The highest BCUT2D eigenvalue weighted by molar-refractivity contribution is 5.73. The molecule has 4 rings (SSSR count). The lowest BCUT2D eigenvalue weighted by atomic mass is 9.93. The van der Waals surface area contributed by atoms with Crippen molar-refractivity contribution in [1.82, 2.24) is 19.9 Å². The molecule has 1 aliphatic heterocycles. The van der Waals surface area contributed by atoms with Crippen molar-refractivity contribution in [3.8, 4) is 11.3 Å². The normalized spacial score (nSPS) is 22.6. The molecule has 7 heteroatoms. The third-order valence-corrected chi connectivity index (χ3v) is 6.88. The Balaban J connectivity index is 1.52. The highest BCUT2D eigenvalue weighted by Crippen LogP contribution is 2.29. The number of hydrogen-bond acceptors (Lipinski definition) is 7. The first-order valence-corrected chi connectivity index (χ1v) is 12.9. The highest BCUT2D eigenvalue weighted by atomic mass is 16.3. The molecule has 3 heterocycles. The highest BCUT2D eigenvalue weighted by Gasteiger charge is 2.22. The van der Waals surface area contributed by atoms with E-state index in [1.807, 2.05) is 12.4 Å². The van der Waals surface area contributed by atoms with Gasteiger partial charge in [0.15, 0.2) is 0 Å². The largest absolute Gasteiger partial charge is 0.393 e. The van der Waals surface area contributed by atoms with Crippen LogP contribution in [0.1, 0.15) is 77.2 Å². The van der Waals surface area contributed by atoms with Gasteiger partial charge in [0.25, 0.3) is 0 Å². The van der Waals surface area contributed by atoms with E-state index in [-0.39, 0.29) is 6.10 Å². The quantitative estimate of drug-likeness (QED) is 0.502. The van der Waals surface area contributed by atoms with Gasteiger partial charge < -0.3 is 15.7 Å². The molecule has 2 aliphatic rings. The van der Waals surface area contributed by atoms with Crippen molar-refractivity contribution in [2.45, 2.75) is 96.4 Å². The minimum Gasteiger partial charge on any atom is -0.393 e. The number of nitrogens with one attached hydrogen (secondary N) is 2. The van der Waals surface area contributed by atoms with Crippen molar-refractivity contribution in [3.63, 3.8) is 0 Å². The molecule has 1 atom stereocenters. The summed E-state index contributed by atoms with van der Waals surface area (Å²) in [6.07, 6.45) is 13.4. The van der Waals surface area contributed by atoms with E-state index in [2.05, 4.69) is 46.5 Å². The number of anilines is 2. The molecular weight excluding hydrogens is 412 g/mol. The second-order valence-corrected chi connectivity index (χ2v) is 9.83. The van der Waals surface area contributed by atoms with Crippen LogP contribution in [0.15, 0.2) is 24.5 Å². The third-order valence-electron chi connectivity index (χ3n) is 6.88. The number of aromatic nitrogens is 3. The molecule has 1 saturated heterocycles. The molecule has 0 amide bonds. The van der Waals surface area contributed by atoms with Gasteiger partial charge in [0.1, 0.15) is 5.82 Å². The molecule has 33 heavy (non-hydrogen) atoms. The zero-order valence-corrected chi connectivity index (χ0v) is 20.3. The fourth-order valence-electron chi connectivity index (χ4n) is 4.94. The number of pyridine rings is 1. The van der Waals surface area contributed by atoms with Crippen LogP contribution in [0, 0.1) is 0 Å². The Hall–Kier alpha value is -2.25. The van der Waals surface area contributed by atoms with E-state index in [0.29, 0.717) is 18.0 Å². The summed E-state index contributed by atoms with van der Waals surface area (Å²) in [6.45, 7) is 7.69. The lowest BCUT2D eigenvalue weighted by Crippen LogP contribution is -2.29.